The summed E-state index contributed by atoms with van der Waals surface area (Å²) in [6.07, 6.45) is 3.79. The van der Waals surface area contributed by atoms with Crippen LogP contribution < -0.4 is 5.32 Å². The molecule has 1 aliphatic rings. The van der Waals surface area contributed by atoms with E-state index in [-0.39, 0.29) is 23.6 Å². The molecule has 2 rings (SSSR count). The molecule has 0 saturated heterocycles. The summed E-state index contributed by atoms with van der Waals surface area (Å²) in [7, 11) is 0. The van der Waals surface area contributed by atoms with Gasteiger partial charge in [0.05, 0.1) is 0 Å². The lowest BCUT2D eigenvalue weighted by Crippen LogP contribution is -2.27. The minimum absolute atomic E-state index is 0.0387. The Balaban J connectivity index is 1.62. The maximum atomic E-state index is 13.6. The van der Waals surface area contributed by atoms with Crippen molar-refractivity contribution in [2.24, 2.45) is 5.92 Å². The van der Waals surface area contributed by atoms with Gasteiger partial charge in [0.15, 0.2) is 0 Å². The molecule has 0 aromatic heterocycles. The SMILES string of the molecule is CCCCOCCCNC(=O)C1CC1c1ccccc1F. The van der Waals surface area contributed by atoms with Gasteiger partial charge in [0.1, 0.15) is 5.82 Å². The smallest absolute Gasteiger partial charge is 0.223 e. The molecule has 0 bridgehead atoms. The van der Waals surface area contributed by atoms with Crippen LogP contribution in [0.3, 0.4) is 0 Å². The molecule has 0 aliphatic heterocycles. The molecule has 116 valence electrons. The number of hydrogen-bond acceptors (Lipinski definition) is 2. The third-order valence-electron chi connectivity index (χ3n) is 3.84. The molecule has 1 fully saturated rings. The number of amides is 1. The molecule has 1 N–H and O–H groups in total. The lowest BCUT2D eigenvalue weighted by atomic mass is 10.1. The summed E-state index contributed by atoms with van der Waals surface area (Å²) in [5.74, 6) is -0.186. The van der Waals surface area contributed by atoms with Crippen LogP contribution >= 0.6 is 0 Å². The van der Waals surface area contributed by atoms with Gasteiger partial charge in [0.2, 0.25) is 5.91 Å². The number of ether oxygens (including phenoxy) is 1. The highest BCUT2D eigenvalue weighted by Crippen LogP contribution is 2.48. The predicted molar refractivity (Wildman–Crippen MR) is 80.6 cm³/mol. The van der Waals surface area contributed by atoms with Crippen molar-refractivity contribution < 1.29 is 13.9 Å². The van der Waals surface area contributed by atoms with Gasteiger partial charge in [-0.05, 0) is 36.8 Å². The lowest BCUT2D eigenvalue weighted by molar-refractivity contribution is -0.122. The summed E-state index contributed by atoms with van der Waals surface area (Å²) in [5, 5.41) is 2.91. The van der Waals surface area contributed by atoms with Gasteiger partial charge in [-0.1, -0.05) is 31.5 Å². The summed E-state index contributed by atoms with van der Waals surface area (Å²) in [6, 6.07) is 6.72. The summed E-state index contributed by atoms with van der Waals surface area (Å²) < 4.78 is 19.1. The van der Waals surface area contributed by atoms with Crippen molar-refractivity contribution in [3.05, 3.63) is 35.6 Å². The topological polar surface area (TPSA) is 38.3 Å². The van der Waals surface area contributed by atoms with E-state index < -0.39 is 0 Å². The van der Waals surface area contributed by atoms with Crippen molar-refractivity contribution in [1.29, 1.82) is 0 Å². The van der Waals surface area contributed by atoms with E-state index in [1.54, 1.807) is 12.1 Å². The second-order valence-corrected chi connectivity index (χ2v) is 5.58. The maximum Gasteiger partial charge on any atom is 0.223 e. The van der Waals surface area contributed by atoms with Crippen LogP contribution in [0.25, 0.3) is 0 Å². The Bertz CT molecular complexity index is 464. The quantitative estimate of drug-likeness (QED) is 0.710. The lowest BCUT2D eigenvalue weighted by Gasteiger charge is -2.06. The first-order chi connectivity index (χ1) is 10.2. The summed E-state index contributed by atoms with van der Waals surface area (Å²) in [4.78, 5) is 12.0. The van der Waals surface area contributed by atoms with Crippen LogP contribution in [-0.4, -0.2) is 25.7 Å². The summed E-state index contributed by atoms with van der Waals surface area (Å²) in [5.41, 5.74) is 0.667. The molecule has 3 nitrogen and oxygen atoms in total. The van der Waals surface area contributed by atoms with Gasteiger partial charge in [-0.25, -0.2) is 4.39 Å². The van der Waals surface area contributed by atoms with Gasteiger partial charge in [-0.3, -0.25) is 4.79 Å². The Morgan fingerprint density at radius 2 is 2.10 bits per heavy atom. The van der Waals surface area contributed by atoms with Crippen molar-refractivity contribution in [2.75, 3.05) is 19.8 Å². The second-order valence-electron chi connectivity index (χ2n) is 5.58. The monoisotopic (exact) mass is 293 g/mol. The molecule has 1 aromatic carbocycles. The fourth-order valence-corrected chi connectivity index (χ4v) is 2.47. The van der Waals surface area contributed by atoms with Gasteiger partial charge < -0.3 is 10.1 Å². The molecule has 1 saturated carbocycles. The molecule has 21 heavy (non-hydrogen) atoms. The van der Waals surface area contributed by atoms with E-state index in [1.165, 1.54) is 6.07 Å². The molecule has 0 heterocycles. The number of hydrogen-bond donors (Lipinski definition) is 1. The van der Waals surface area contributed by atoms with Crippen LogP contribution in [0.4, 0.5) is 4.39 Å². The van der Waals surface area contributed by atoms with Gasteiger partial charge >= 0.3 is 0 Å². The maximum absolute atomic E-state index is 13.6. The van der Waals surface area contributed by atoms with E-state index in [0.29, 0.717) is 18.7 Å². The number of halogens is 1. The van der Waals surface area contributed by atoms with Crippen molar-refractivity contribution in [3.8, 4) is 0 Å². The highest BCUT2D eigenvalue weighted by molar-refractivity contribution is 5.82. The zero-order chi connectivity index (χ0) is 15.1. The summed E-state index contributed by atoms with van der Waals surface area (Å²) >= 11 is 0. The van der Waals surface area contributed by atoms with E-state index in [0.717, 1.165) is 32.3 Å². The first-order valence-corrected chi connectivity index (χ1v) is 7.84. The minimum atomic E-state index is -0.206. The highest BCUT2D eigenvalue weighted by Gasteiger charge is 2.44. The molecule has 1 aromatic rings. The zero-order valence-electron chi connectivity index (χ0n) is 12.6. The van der Waals surface area contributed by atoms with E-state index in [1.807, 2.05) is 6.07 Å². The van der Waals surface area contributed by atoms with Gasteiger partial charge in [-0.15, -0.1) is 0 Å². The van der Waals surface area contributed by atoms with Gasteiger partial charge in [-0.2, -0.15) is 0 Å². The third kappa shape index (κ3) is 4.81. The van der Waals surface area contributed by atoms with Gasteiger partial charge in [0.25, 0.3) is 0 Å². The van der Waals surface area contributed by atoms with E-state index >= 15 is 0 Å². The predicted octanol–water partition coefficient (Wildman–Crippen LogP) is 3.25. The molecule has 0 spiro atoms. The Morgan fingerprint density at radius 1 is 1.33 bits per heavy atom. The molecule has 1 aliphatic carbocycles. The fourth-order valence-electron chi connectivity index (χ4n) is 2.47. The van der Waals surface area contributed by atoms with Crippen molar-refractivity contribution in [2.45, 2.75) is 38.5 Å². The minimum Gasteiger partial charge on any atom is -0.381 e. The molecular formula is C17H24FNO2. The number of carbonyl (C=O) groups is 1. The number of unbranched alkanes of at least 4 members (excludes halogenated alkanes) is 1. The first kappa shape index (κ1) is 16.0. The number of carbonyl (C=O) groups excluding carboxylic acids is 1. The zero-order valence-corrected chi connectivity index (χ0v) is 12.6. The standard InChI is InChI=1S/C17H24FNO2/c1-2-3-10-21-11-6-9-19-17(20)15-12-14(15)13-7-4-5-8-16(13)18/h4-5,7-8,14-15H,2-3,6,9-12H2,1H3,(H,19,20). The first-order valence-electron chi connectivity index (χ1n) is 7.84. The second kappa shape index (κ2) is 8.13. The van der Waals surface area contributed by atoms with E-state index in [9.17, 15) is 9.18 Å². The average molecular weight is 293 g/mol. The molecule has 2 unspecified atom stereocenters. The van der Waals surface area contributed by atoms with Crippen LogP contribution in [-0.2, 0) is 9.53 Å². The molecule has 1 amide bonds. The van der Waals surface area contributed by atoms with E-state index in [2.05, 4.69) is 12.2 Å². The van der Waals surface area contributed by atoms with Crippen LogP contribution in [0.5, 0.6) is 0 Å². The van der Waals surface area contributed by atoms with Crippen molar-refractivity contribution in [3.63, 3.8) is 0 Å². The molecule has 0 radical (unpaired) electrons. The number of nitrogens with one attached hydrogen (secondary N) is 1. The molecule has 2 atom stereocenters. The normalized spacial score (nSPS) is 20.3. The Kier molecular flexibility index (Phi) is 6.18. The largest absolute Gasteiger partial charge is 0.381 e. The Morgan fingerprint density at radius 3 is 2.86 bits per heavy atom. The van der Waals surface area contributed by atoms with E-state index in [4.69, 9.17) is 4.74 Å². The third-order valence-corrected chi connectivity index (χ3v) is 3.84. The van der Waals surface area contributed by atoms with Crippen LogP contribution in [0.15, 0.2) is 24.3 Å². The fraction of sp³-hybridized carbons (Fsp3) is 0.588. The van der Waals surface area contributed by atoms with Gasteiger partial charge in [0, 0.05) is 25.7 Å². The van der Waals surface area contributed by atoms with Crippen molar-refractivity contribution >= 4 is 5.91 Å². The number of rotatable bonds is 9. The molecular weight excluding hydrogens is 269 g/mol. The van der Waals surface area contributed by atoms with Crippen LogP contribution in [0.2, 0.25) is 0 Å². The number of benzene rings is 1. The van der Waals surface area contributed by atoms with Crippen LogP contribution in [0, 0.1) is 11.7 Å². The van der Waals surface area contributed by atoms with Crippen molar-refractivity contribution in [1.82, 2.24) is 5.32 Å². The molecule has 4 heteroatoms. The summed E-state index contributed by atoms with van der Waals surface area (Å²) in [6.45, 7) is 4.24. The average Bonchev–Trinajstić information content (AvgIpc) is 3.27. The van der Waals surface area contributed by atoms with Crippen LogP contribution in [0.1, 0.15) is 44.1 Å². The Labute approximate surface area is 125 Å². The highest BCUT2D eigenvalue weighted by atomic mass is 19.1. The Hall–Kier alpha value is -1.42.